The minimum atomic E-state index is -1.20. The Balaban J connectivity index is 2.25. The molecule has 1 fully saturated rings. The van der Waals surface area contributed by atoms with Crippen LogP contribution >= 0.6 is 0 Å². The lowest BCUT2D eigenvalue weighted by Gasteiger charge is -2.42. The van der Waals surface area contributed by atoms with Gasteiger partial charge < -0.3 is 8.85 Å². The van der Waals surface area contributed by atoms with Gasteiger partial charge in [-0.3, -0.25) is 0 Å². The van der Waals surface area contributed by atoms with Crippen molar-refractivity contribution in [3.63, 3.8) is 0 Å². The zero-order chi connectivity index (χ0) is 9.03. The zero-order valence-electron chi connectivity index (χ0n) is 8.35. The zero-order valence-corrected chi connectivity index (χ0v) is 10.4. The maximum absolute atomic E-state index is 5.88. The normalized spacial score (nSPS) is 22.2. The van der Waals surface area contributed by atoms with E-state index in [2.05, 4.69) is 20.8 Å². The van der Waals surface area contributed by atoms with Gasteiger partial charge in [0, 0.05) is 13.2 Å². The van der Waals surface area contributed by atoms with Gasteiger partial charge in [0.2, 0.25) is 9.04 Å². The van der Waals surface area contributed by atoms with Gasteiger partial charge in [-0.05, 0) is 31.2 Å². The highest BCUT2D eigenvalue weighted by Crippen LogP contribution is 2.36. The minimum Gasteiger partial charge on any atom is -0.418 e. The third-order valence-corrected chi connectivity index (χ3v) is 13.7. The van der Waals surface area contributed by atoms with Crippen molar-refractivity contribution >= 4 is 17.4 Å². The Morgan fingerprint density at radius 3 is 2.25 bits per heavy atom. The first-order valence-corrected chi connectivity index (χ1v) is 9.23. The predicted molar refractivity (Wildman–Crippen MR) is 54.9 cm³/mol. The molecule has 1 heterocycles. The average molecular weight is 203 g/mol. The van der Waals surface area contributed by atoms with Crippen LogP contribution in [0.2, 0.25) is 17.4 Å². The molecule has 0 bridgehead atoms. The summed E-state index contributed by atoms with van der Waals surface area (Å²) in [4.78, 5) is 0. The Hall–Kier alpha value is 0.354. The molecule has 1 saturated heterocycles. The van der Waals surface area contributed by atoms with Gasteiger partial charge in [-0.15, -0.1) is 0 Å². The van der Waals surface area contributed by atoms with Crippen LogP contribution in [0.4, 0.5) is 0 Å². The Morgan fingerprint density at radius 1 is 1.17 bits per heavy atom. The van der Waals surface area contributed by atoms with E-state index in [4.69, 9.17) is 8.85 Å². The average Bonchev–Trinajstić information content (AvgIpc) is 2.01. The molecule has 0 atom stereocenters. The van der Waals surface area contributed by atoms with Crippen LogP contribution in [-0.2, 0) is 8.85 Å². The summed E-state index contributed by atoms with van der Waals surface area (Å²) in [5.41, 5.74) is 2.66. The van der Waals surface area contributed by atoms with E-state index in [0.717, 1.165) is 13.2 Å². The topological polar surface area (TPSA) is 18.5 Å². The van der Waals surface area contributed by atoms with Gasteiger partial charge in [0.25, 0.3) is 0 Å². The molecule has 0 aromatic rings. The highest BCUT2D eigenvalue weighted by Gasteiger charge is 2.49. The summed E-state index contributed by atoms with van der Waals surface area (Å²) in [6.07, 6.45) is 0. The van der Waals surface area contributed by atoms with Crippen LogP contribution < -0.4 is 0 Å². The molecule has 71 valence electrons. The quantitative estimate of drug-likeness (QED) is 0.637. The van der Waals surface area contributed by atoms with Crippen molar-refractivity contribution in [2.45, 2.75) is 38.2 Å². The number of hydrogen-bond acceptors (Lipinski definition) is 2. The Kier molecular flexibility index (Phi) is 3.96. The molecule has 0 saturated carbocycles. The largest absolute Gasteiger partial charge is 0.418 e. The van der Waals surface area contributed by atoms with Gasteiger partial charge in [0.15, 0.2) is 8.32 Å². The Labute approximate surface area is 78.1 Å². The summed E-state index contributed by atoms with van der Waals surface area (Å²) in [5, 5.41) is 0. The van der Waals surface area contributed by atoms with Crippen LogP contribution in [0.25, 0.3) is 0 Å². The van der Waals surface area contributed by atoms with E-state index >= 15 is 0 Å². The summed E-state index contributed by atoms with van der Waals surface area (Å²) < 4.78 is 11.5. The third-order valence-electron chi connectivity index (χ3n) is 2.48. The molecule has 1 aliphatic heterocycles. The van der Waals surface area contributed by atoms with Crippen molar-refractivity contribution in [1.82, 2.24) is 0 Å². The van der Waals surface area contributed by atoms with Crippen LogP contribution in [0, 0.1) is 0 Å². The summed E-state index contributed by atoms with van der Waals surface area (Å²) in [7, 11) is -1.60. The summed E-state index contributed by atoms with van der Waals surface area (Å²) in [5.74, 6) is 0. The van der Waals surface area contributed by atoms with Gasteiger partial charge in [-0.25, -0.2) is 0 Å². The summed E-state index contributed by atoms with van der Waals surface area (Å²) >= 11 is 0. The molecular weight excluding hydrogens is 184 g/mol. The smallest absolute Gasteiger partial charge is 0.210 e. The molecule has 4 heteroatoms. The molecule has 1 radical (unpaired) electrons. The van der Waals surface area contributed by atoms with E-state index in [-0.39, 0.29) is 0 Å². The van der Waals surface area contributed by atoms with E-state index in [1.807, 2.05) is 0 Å². The van der Waals surface area contributed by atoms with Crippen molar-refractivity contribution in [1.29, 1.82) is 0 Å². The number of rotatable bonds is 5. The Bertz CT molecular complexity index is 135. The molecule has 0 aliphatic carbocycles. The van der Waals surface area contributed by atoms with Gasteiger partial charge in [0.05, 0.1) is 0 Å². The Morgan fingerprint density at radius 2 is 1.83 bits per heavy atom. The fourth-order valence-electron chi connectivity index (χ4n) is 1.73. The van der Waals surface area contributed by atoms with E-state index < -0.39 is 17.4 Å². The minimum absolute atomic E-state index is 0.402. The van der Waals surface area contributed by atoms with Crippen molar-refractivity contribution in [2.75, 3.05) is 13.2 Å². The first-order chi connectivity index (χ1) is 5.76. The summed E-state index contributed by atoms with van der Waals surface area (Å²) in [6.45, 7) is 8.27. The van der Waals surface area contributed by atoms with Crippen molar-refractivity contribution in [3.05, 3.63) is 0 Å². The molecule has 0 N–H and O–H groups in total. The van der Waals surface area contributed by atoms with E-state index in [1.54, 1.807) is 0 Å². The molecule has 0 amide bonds. The molecule has 12 heavy (non-hydrogen) atoms. The number of hydrogen-bond donors (Lipinski definition) is 0. The van der Waals surface area contributed by atoms with Gasteiger partial charge >= 0.3 is 0 Å². The predicted octanol–water partition coefficient (Wildman–Crippen LogP) is 2.11. The van der Waals surface area contributed by atoms with Crippen LogP contribution in [-0.4, -0.2) is 30.6 Å². The maximum Gasteiger partial charge on any atom is 0.210 e. The highest BCUT2D eigenvalue weighted by atomic mass is 28.4. The standard InChI is InChI=1S/C8H19O2Si2/c1-4-9-11-7-12(6-3,8-11)10-5-2/h4-8H2,1-3H3. The molecule has 0 unspecified atom stereocenters. The molecule has 0 aromatic heterocycles. The van der Waals surface area contributed by atoms with Crippen molar-refractivity contribution in [2.24, 2.45) is 0 Å². The van der Waals surface area contributed by atoms with Gasteiger partial charge in [0.1, 0.15) is 0 Å². The van der Waals surface area contributed by atoms with Crippen LogP contribution in [0.1, 0.15) is 20.8 Å². The molecule has 2 nitrogen and oxygen atoms in total. The van der Waals surface area contributed by atoms with Gasteiger partial charge in [-0.2, -0.15) is 0 Å². The lowest BCUT2D eigenvalue weighted by Crippen LogP contribution is -2.56. The van der Waals surface area contributed by atoms with Crippen LogP contribution in [0.3, 0.4) is 0 Å². The second-order valence-corrected chi connectivity index (χ2v) is 10.9. The van der Waals surface area contributed by atoms with Gasteiger partial charge in [-0.1, -0.05) is 6.92 Å². The second-order valence-electron chi connectivity index (χ2n) is 3.29. The fourth-order valence-corrected chi connectivity index (χ4v) is 11.9. The molecule has 1 rings (SSSR count). The van der Waals surface area contributed by atoms with E-state index in [9.17, 15) is 0 Å². The lowest BCUT2D eigenvalue weighted by atomic mass is 10.9. The lowest BCUT2D eigenvalue weighted by molar-refractivity contribution is 0.300. The summed E-state index contributed by atoms with van der Waals surface area (Å²) in [6, 6.07) is 1.28. The van der Waals surface area contributed by atoms with Crippen LogP contribution in [0.5, 0.6) is 0 Å². The first-order valence-electron chi connectivity index (χ1n) is 4.87. The monoisotopic (exact) mass is 203 g/mol. The SMILES string of the molecule is CCO[Si]1C[Si](CC)(OCC)C1. The second kappa shape index (κ2) is 4.55. The molecule has 0 aromatic carbocycles. The van der Waals surface area contributed by atoms with E-state index in [0.29, 0.717) is 0 Å². The molecular formula is C8H19O2Si2. The molecule has 1 aliphatic rings. The maximum atomic E-state index is 5.88. The van der Waals surface area contributed by atoms with Crippen molar-refractivity contribution < 1.29 is 8.85 Å². The first kappa shape index (κ1) is 10.4. The van der Waals surface area contributed by atoms with Crippen molar-refractivity contribution in [3.8, 4) is 0 Å². The highest BCUT2D eigenvalue weighted by molar-refractivity contribution is 7.00. The third kappa shape index (κ3) is 2.19. The molecule has 0 spiro atoms. The van der Waals surface area contributed by atoms with Crippen LogP contribution in [0.15, 0.2) is 0 Å². The fraction of sp³-hybridized carbons (Fsp3) is 1.00. The van der Waals surface area contributed by atoms with E-state index in [1.165, 1.54) is 17.4 Å².